The van der Waals surface area contributed by atoms with Crippen LogP contribution in [0.5, 0.6) is 0 Å². The number of hydrogen-bond donors (Lipinski definition) is 0. The molecule has 13 heavy (non-hydrogen) atoms. The van der Waals surface area contributed by atoms with Gasteiger partial charge in [-0.2, -0.15) is 0 Å². The standard InChI is InChI=1S/C11H22BrN/c1-11-7-3-6-10-13(11)9-5-2-4-8-12/h11H,2-10H2,1H3. The Kier molecular flexibility index (Phi) is 6.05. The van der Waals surface area contributed by atoms with Crippen molar-refractivity contribution in [1.29, 1.82) is 0 Å². The fraction of sp³-hybridized carbons (Fsp3) is 1.00. The minimum atomic E-state index is 0.845. The second kappa shape index (κ2) is 6.83. The van der Waals surface area contributed by atoms with Crippen molar-refractivity contribution in [1.82, 2.24) is 4.90 Å². The monoisotopic (exact) mass is 247 g/mol. The van der Waals surface area contributed by atoms with Crippen LogP contribution in [-0.4, -0.2) is 29.4 Å². The van der Waals surface area contributed by atoms with Crippen LogP contribution in [0.2, 0.25) is 0 Å². The molecule has 0 N–H and O–H groups in total. The molecule has 0 spiro atoms. The zero-order valence-electron chi connectivity index (χ0n) is 8.77. The predicted octanol–water partition coefficient (Wildman–Crippen LogP) is 3.43. The number of piperidine rings is 1. The minimum Gasteiger partial charge on any atom is -0.301 e. The van der Waals surface area contributed by atoms with Crippen LogP contribution in [0.25, 0.3) is 0 Å². The lowest BCUT2D eigenvalue weighted by atomic mass is 10.0. The second-order valence-electron chi connectivity index (χ2n) is 4.13. The largest absolute Gasteiger partial charge is 0.301 e. The molecule has 0 aromatic rings. The molecule has 0 aliphatic carbocycles. The van der Waals surface area contributed by atoms with Gasteiger partial charge in [0.1, 0.15) is 0 Å². The number of alkyl halides is 1. The second-order valence-corrected chi connectivity index (χ2v) is 4.92. The van der Waals surface area contributed by atoms with E-state index in [4.69, 9.17) is 0 Å². The van der Waals surface area contributed by atoms with Gasteiger partial charge in [0, 0.05) is 11.4 Å². The van der Waals surface area contributed by atoms with Crippen LogP contribution in [0.3, 0.4) is 0 Å². The van der Waals surface area contributed by atoms with E-state index in [1.165, 1.54) is 56.9 Å². The van der Waals surface area contributed by atoms with Crippen LogP contribution in [0.15, 0.2) is 0 Å². The maximum atomic E-state index is 3.47. The average molecular weight is 248 g/mol. The van der Waals surface area contributed by atoms with Crippen molar-refractivity contribution >= 4 is 15.9 Å². The Hall–Kier alpha value is 0.440. The van der Waals surface area contributed by atoms with Gasteiger partial charge in [-0.3, -0.25) is 0 Å². The first-order valence-electron chi connectivity index (χ1n) is 5.64. The summed E-state index contributed by atoms with van der Waals surface area (Å²) in [7, 11) is 0. The molecular weight excluding hydrogens is 226 g/mol. The van der Waals surface area contributed by atoms with Crippen molar-refractivity contribution in [2.24, 2.45) is 0 Å². The summed E-state index contributed by atoms with van der Waals surface area (Å²) in [5.41, 5.74) is 0. The Morgan fingerprint density at radius 3 is 2.77 bits per heavy atom. The highest BCUT2D eigenvalue weighted by atomic mass is 79.9. The van der Waals surface area contributed by atoms with Crippen molar-refractivity contribution in [3.8, 4) is 0 Å². The lowest BCUT2D eigenvalue weighted by Gasteiger charge is -2.33. The zero-order chi connectivity index (χ0) is 9.52. The first-order valence-corrected chi connectivity index (χ1v) is 6.76. The van der Waals surface area contributed by atoms with Crippen LogP contribution in [0.4, 0.5) is 0 Å². The first kappa shape index (κ1) is 11.5. The van der Waals surface area contributed by atoms with Crippen molar-refractivity contribution in [3.05, 3.63) is 0 Å². The molecule has 1 rings (SSSR count). The highest BCUT2D eigenvalue weighted by molar-refractivity contribution is 9.09. The van der Waals surface area contributed by atoms with Gasteiger partial charge in [-0.05, 0) is 45.7 Å². The molecule has 0 amide bonds. The summed E-state index contributed by atoms with van der Waals surface area (Å²) >= 11 is 3.47. The molecule has 1 heterocycles. The van der Waals surface area contributed by atoms with Gasteiger partial charge in [-0.25, -0.2) is 0 Å². The lowest BCUT2D eigenvalue weighted by molar-refractivity contribution is 0.158. The quantitative estimate of drug-likeness (QED) is 0.532. The van der Waals surface area contributed by atoms with Gasteiger partial charge in [0.2, 0.25) is 0 Å². The van der Waals surface area contributed by atoms with Crippen LogP contribution < -0.4 is 0 Å². The third-order valence-corrected chi connectivity index (χ3v) is 3.58. The smallest absolute Gasteiger partial charge is 0.00669 e. The molecule has 0 radical (unpaired) electrons. The van der Waals surface area contributed by atoms with Crippen molar-refractivity contribution < 1.29 is 0 Å². The molecule has 1 saturated heterocycles. The van der Waals surface area contributed by atoms with Crippen molar-refractivity contribution in [3.63, 3.8) is 0 Å². The molecule has 0 saturated carbocycles. The van der Waals surface area contributed by atoms with E-state index in [2.05, 4.69) is 27.8 Å². The molecule has 1 aliphatic rings. The fourth-order valence-electron chi connectivity index (χ4n) is 2.08. The van der Waals surface area contributed by atoms with E-state index in [-0.39, 0.29) is 0 Å². The molecule has 1 fully saturated rings. The third kappa shape index (κ3) is 4.46. The summed E-state index contributed by atoms with van der Waals surface area (Å²) < 4.78 is 0. The Labute approximate surface area is 91.0 Å². The highest BCUT2D eigenvalue weighted by Crippen LogP contribution is 2.16. The Bertz CT molecular complexity index is 127. The van der Waals surface area contributed by atoms with E-state index >= 15 is 0 Å². The maximum absolute atomic E-state index is 3.47. The summed E-state index contributed by atoms with van der Waals surface area (Å²) in [6, 6.07) is 0.845. The number of nitrogens with zero attached hydrogens (tertiary/aromatic N) is 1. The maximum Gasteiger partial charge on any atom is 0.00669 e. The molecular formula is C11H22BrN. The summed E-state index contributed by atoms with van der Waals surface area (Å²) in [5, 5.41) is 1.17. The number of hydrogen-bond acceptors (Lipinski definition) is 1. The van der Waals surface area contributed by atoms with Crippen LogP contribution in [0.1, 0.15) is 45.4 Å². The van der Waals surface area contributed by atoms with Gasteiger partial charge in [0.15, 0.2) is 0 Å². The molecule has 1 unspecified atom stereocenters. The van der Waals surface area contributed by atoms with E-state index in [1.54, 1.807) is 0 Å². The molecule has 0 aromatic heterocycles. The highest BCUT2D eigenvalue weighted by Gasteiger charge is 2.16. The zero-order valence-corrected chi connectivity index (χ0v) is 10.4. The van der Waals surface area contributed by atoms with E-state index < -0.39 is 0 Å². The minimum absolute atomic E-state index is 0.845. The summed E-state index contributed by atoms with van der Waals surface area (Å²) in [5.74, 6) is 0. The molecule has 78 valence electrons. The fourth-order valence-corrected chi connectivity index (χ4v) is 2.47. The number of halogens is 1. The molecule has 0 bridgehead atoms. The number of unbranched alkanes of at least 4 members (excludes halogenated alkanes) is 2. The van der Waals surface area contributed by atoms with Crippen molar-refractivity contribution in [2.45, 2.75) is 51.5 Å². The van der Waals surface area contributed by atoms with Crippen LogP contribution in [-0.2, 0) is 0 Å². The van der Waals surface area contributed by atoms with Gasteiger partial charge < -0.3 is 4.90 Å². The Morgan fingerprint density at radius 2 is 2.08 bits per heavy atom. The van der Waals surface area contributed by atoms with Crippen molar-refractivity contribution in [2.75, 3.05) is 18.4 Å². The molecule has 0 aromatic carbocycles. The van der Waals surface area contributed by atoms with E-state index in [9.17, 15) is 0 Å². The van der Waals surface area contributed by atoms with Gasteiger partial charge in [-0.1, -0.05) is 28.8 Å². The summed E-state index contributed by atoms with van der Waals surface area (Å²) in [4.78, 5) is 2.66. The van der Waals surface area contributed by atoms with E-state index in [0.717, 1.165) is 6.04 Å². The van der Waals surface area contributed by atoms with Gasteiger partial charge >= 0.3 is 0 Å². The Morgan fingerprint density at radius 1 is 1.23 bits per heavy atom. The van der Waals surface area contributed by atoms with E-state index in [1.807, 2.05) is 0 Å². The third-order valence-electron chi connectivity index (χ3n) is 3.02. The molecule has 1 atom stereocenters. The van der Waals surface area contributed by atoms with Gasteiger partial charge in [0.25, 0.3) is 0 Å². The normalized spacial score (nSPS) is 24.9. The SMILES string of the molecule is CC1CCCCN1CCCCCBr. The topological polar surface area (TPSA) is 3.24 Å². The molecule has 1 aliphatic heterocycles. The van der Waals surface area contributed by atoms with Gasteiger partial charge in [0.05, 0.1) is 0 Å². The average Bonchev–Trinajstić information content (AvgIpc) is 2.15. The van der Waals surface area contributed by atoms with Crippen LogP contribution >= 0.6 is 15.9 Å². The predicted molar refractivity (Wildman–Crippen MR) is 62.5 cm³/mol. The number of rotatable bonds is 5. The Balaban J connectivity index is 2.05. The summed E-state index contributed by atoms with van der Waals surface area (Å²) in [6.07, 6.45) is 8.38. The molecule has 1 nitrogen and oxygen atoms in total. The summed E-state index contributed by atoms with van der Waals surface area (Å²) in [6.45, 7) is 5.05. The van der Waals surface area contributed by atoms with Gasteiger partial charge in [-0.15, -0.1) is 0 Å². The first-order chi connectivity index (χ1) is 6.34. The van der Waals surface area contributed by atoms with E-state index in [0.29, 0.717) is 0 Å². The van der Waals surface area contributed by atoms with Crippen LogP contribution in [0, 0.1) is 0 Å². The lowest BCUT2D eigenvalue weighted by Crippen LogP contribution is -2.37. The number of likely N-dealkylation sites (tertiary alicyclic amines) is 1. The molecule has 2 heteroatoms.